The van der Waals surface area contributed by atoms with Gasteiger partial charge in [0.1, 0.15) is 18.0 Å². The summed E-state index contributed by atoms with van der Waals surface area (Å²) in [5, 5.41) is 24.5. The summed E-state index contributed by atoms with van der Waals surface area (Å²) in [6.07, 6.45) is 2.01. The van der Waals surface area contributed by atoms with Crippen LogP contribution >= 0.6 is 0 Å². The van der Waals surface area contributed by atoms with E-state index in [0.29, 0.717) is 30.0 Å². The van der Waals surface area contributed by atoms with Gasteiger partial charge in [0, 0.05) is 17.8 Å². The minimum absolute atomic E-state index is 0.0852. The Labute approximate surface area is 154 Å². The molecule has 1 heterocycles. The third-order valence-electron chi connectivity index (χ3n) is 4.40. The summed E-state index contributed by atoms with van der Waals surface area (Å²) < 4.78 is 40.1. The molecule has 27 heavy (non-hydrogen) atoms. The standard InChI is InChI=1S/C15H19FN4O6S/c16-11-5-9(18-15(24)17-8-1-3-10(21)4-2-8)6-12(22)14(11)20-7-13(23)19-27(20,25)26/h5-6,8,10,21-22H,1-4,7H2,(H,19,23)(H2,17,18,24)/t8-,10-. The zero-order chi connectivity index (χ0) is 19.8. The lowest BCUT2D eigenvalue weighted by molar-refractivity contribution is -0.117. The van der Waals surface area contributed by atoms with E-state index in [-0.39, 0.29) is 17.8 Å². The van der Waals surface area contributed by atoms with Crippen molar-refractivity contribution in [2.45, 2.75) is 37.8 Å². The molecule has 1 aromatic rings. The normalized spacial score (nSPS) is 24.4. The van der Waals surface area contributed by atoms with Crippen molar-refractivity contribution in [2.24, 2.45) is 0 Å². The number of urea groups is 1. The third-order valence-corrected chi connectivity index (χ3v) is 5.78. The summed E-state index contributed by atoms with van der Waals surface area (Å²) in [5.41, 5.74) is -0.765. The van der Waals surface area contributed by atoms with Crippen molar-refractivity contribution >= 4 is 33.5 Å². The summed E-state index contributed by atoms with van der Waals surface area (Å²) in [4.78, 5) is 23.3. The first kappa shape index (κ1) is 19.2. The van der Waals surface area contributed by atoms with Gasteiger partial charge in [-0.25, -0.2) is 18.2 Å². The molecule has 1 saturated carbocycles. The highest BCUT2D eigenvalue weighted by atomic mass is 32.2. The summed E-state index contributed by atoms with van der Waals surface area (Å²) in [6.45, 7) is -0.659. The topological polar surface area (TPSA) is 148 Å². The summed E-state index contributed by atoms with van der Waals surface area (Å²) >= 11 is 0. The summed E-state index contributed by atoms with van der Waals surface area (Å²) in [6, 6.07) is 1.09. The van der Waals surface area contributed by atoms with Crippen molar-refractivity contribution in [1.82, 2.24) is 10.0 Å². The van der Waals surface area contributed by atoms with E-state index in [1.807, 2.05) is 0 Å². The molecule has 0 radical (unpaired) electrons. The number of aliphatic hydroxyl groups is 1. The van der Waals surface area contributed by atoms with Gasteiger partial charge in [-0.3, -0.25) is 4.79 Å². The van der Waals surface area contributed by atoms with Crippen LogP contribution in [0.3, 0.4) is 0 Å². The molecule has 1 aliphatic carbocycles. The van der Waals surface area contributed by atoms with E-state index in [1.54, 1.807) is 4.72 Å². The molecule has 1 aromatic carbocycles. The molecule has 0 spiro atoms. The number of nitrogens with one attached hydrogen (secondary N) is 3. The van der Waals surface area contributed by atoms with Crippen LogP contribution < -0.4 is 19.7 Å². The highest BCUT2D eigenvalue weighted by Crippen LogP contribution is 2.36. The van der Waals surface area contributed by atoms with Gasteiger partial charge in [-0.1, -0.05) is 0 Å². The van der Waals surface area contributed by atoms with Crippen LogP contribution in [0.25, 0.3) is 0 Å². The van der Waals surface area contributed by atoms with Gasteiger partial charge in [-0.15, -0.1) is 0 Å². The second-order valence-electron chi connectivity index (χ2n) is 6.47. The molecule has 0 atom stereocenters. The Hall–Kier alpha value is -2.60. The van der Waals surface area contributed by atoms with Crippen LogP contribution in [0.2, 0.25) is 0 Å². The first-order valence-corrected chi connectivity index (χ1v) is 9.71. The van der Waals surface area contributed by atoms with Crippen LogP contribution in [0.4, 0.5) is 20.6 Å². The predicted octanol–water partition coefficient (Wildman–Crippen LogP) is 0.137. The maximum atomic E-state index is 14.4. The molecule has 12 heteroatoms. The predicted molar refractivity (Wildman–Crippen MR) is 92.9 cm³/mol. The third kappa shape index (κ3) is 4.22. The number of rotatable bonds is 3. The molecular weight excluding hydrogens is 383 g/mol. The number of halogens is 1. The smallest absolute Gasteiger partial charge is 0.326 e. The molecule has 5 N–H and O–H groups in total. The lowest BCUT2D eigenvalue weighted by Gasteiger charge is -2.26. The Bertz CT molecular complexity index is 846. The molecule has 1 aliphatic heterocycles. The molecule has 148 valence electrons. The first-order chi connectivity index (χ1) is 12.7. The van der Waals surface area contributed by atoms with Crippen molar-refractivity contribution in [3.8, 4) is 5.75 Å². The maximum Gasteiger partial charge on any atom is 0.326 e. The van der Waals surface area contributed by atoms with E-state index in [4.69, 9.17) is 0 Å². The Morgan fingerprint density at radius 1 is 1.26 bits per heavy atom. The fourth-order valence-electron chi connectivity index (χ4n) is 3.12. The van der Waals surface area contributed by atoms with Crippen molar-refractivity contribution in [1.29, 1.82) is 0 Å². The number of aromatic hydroxyl groups is 1. The van der Waals surface area contributed by atoms with Crippen LogP contribution in [-0.4, -0.2) is 49.3 Å². The lowest BCUT2D eigenvalue weighted by atomic mass is 9.93. The van der Waals surface area contributed by atoms with Crippen molar-refractivity contribution in [3.63, 3.8) is 0 Å². The maximum absolute atomic E-state index is 14.4. The van der Waals surface area contributed by atoms with Gasteiger partial charge in [0.15, 0.2) is 5.82 Å². The number of hydrogen-bond acceptors (Lipinski definition) is 6. The molecule has 2 fully saturated rings. The highest BCUT2D eigenvalue weighted by molar-refractivity contribution is 7.92. The van der Waals surface area contributed by atoms with Gasteiger partial charge in [0.2, 0.25) is 0 Å². The average Bonchev–Trinajstić information content (AvgIpc) is 2.81. The zero-order valence-corrected chi connectivity index (χ0v) is 14.9. The fraction of sp³-hybridized carbons (Fsp3) is 0.467. The van der Waals surface area contributed by atoms with Crippen molar-refractivity contribution in [3.05, 3.63) is 17.9 Å². The molecule has 2 aliphatic rings. The van der Waals surface area contributed by atoms with E-state index in [2.05, 4.69) is 10.6 Å². The molecule has 1 saturated heterocycles. The van der Waals surface area contributed by atoms with Gasteiger partial charge in [0.25, 0.3) is 5.91 Å². The van der Waals surface area contributed by atoms with Gasteiger partial charge < -0.3 is 20.8 Å². The molecule has 10 nitrogen and oxygen atoms in total. The van der Waals surface area contributed by atoms with Crippen LogP contribution in [-0.2, 0) is 15.0 Å². The van der Waals surface area contributed by atoms with Gasteiger partial charge in [0.05, 0.1) is 6.10 Å². The molecule has 3 amide bonds. The van der Waals surface area contributed by atoms with Crippen LogP contribution in [0.5, 0.6) is 5.75 Å². The first-order valence-electron chi connectivity index (χ1n) is 8.27. The second-order valence-corrected chi connectivity index (χ2v) is 8.06. The SMILES string of the molecule is O=C1CN(c2c(O)cc(NC(=O)N[C@H]3CC[C@H](O)CC3)cc2F)S(=O)(=O)N1. The highest BCUT2D eigenvalue weighted by Gasteiger charge is 2.37. The Balaban J connectivity index is 1.71. The second kappa shape index (κ2) is 7.19. The van der Waals surface area contributed by atoms with E-state index in [0.717, 1.165) is 12.1 Å². The largest absolute Gasteiger partial charge is 0.506 e. The number of hydrogen-bond donors (Lipinski definition) is 5. The molecule has 0 bridgehead atoms. The minimum Gasteiger partial charge on any atom is -0.506 e. The quantitative estimate of drug-likeness (QED) is 0.486. The van der Waals surface area contributed by atoms with E-state index in [9.17, 15) is 32.6 Å². The number of phenols is 1. The van der Waals surface area contributed by atoms with Crippen LogP contribution in [0.15, 0.2) is 12.1 Å². The van der Waals surface area contributed by atoms with E-state index >= 15 is 0 Å². The van der Waals surface area contributed by atoms with E-state index in [1.165, 1.54) is 0 Å². The monoisotopic (exact) mass is 402 g/mol. The fourth-order valence-corrected chi connectivity index (χ4v) is 4.29. The van der Waals surface area contributed by atoms with Gasteiger partial charge >= 0.3 is 16.2 Å². The van der Waals surface area contributed by atoms with Gasteiger partial charge in [-0.2, -0.15) is 8.42 Å². The van der Waals surface area contributed by atoms with E-state index < -0.39 is 45.9 Å². The Morgan fingerprint density at radius 3 is 2.48 bits per heavy atom. The zero-order valence-electron chi connectivity index (χ0n) is 14.1. The Morgan fingerprint density at radius 2 is 1.93 bits per heavy atom. The number of anilines is 2. The minimum atomic E-state index is -4.28. The summed E-state index contributed by atoms with van der Waals surface area (Å²) in [5.74, 6) is -2.72. The molecule has 0 unspecified atom stereocenters. The van der Waals surface area contributed by atoms with Crippen molar-refractivity contribution < 1.29 is 32.6 Å². The van der Waals surface area contributed by atoms with Crippen LogP contribution in [0.1, 0.15) is 25.7 Å². The molecule has 0 aromatic heterocycles. The molecular formula is C15H19FN4O6S. The average molecular weight is 402 g/mol. The number of phenolic OH excluding ortho intramolecular Hbond substituents is 1. The van der Waals surface area contributed by atoms with Crippen molar-refractivity contribution in [2.75, 3.05) is 16.2 Å². The number of carbonyl (C=O) groups is 2. The number of benzene rings is 1. The number of nitrogens with zero attached hydrogens (tertiary/aromatic N) is 1. The summed E-state index contributed by atoms with van der Waals surface area (Å²) in [7, 11) is -4.28. The van der Waals surface area contributed by atoms with Crippen LogP contribution in [0, 0.1) is 5.82 Å². The number of amides is 3. The number of aliphatic hydroxyl groups excluding tert-OH is 1. The number of carbonyl (C=O) groups excluding carboxylic acids is 2. The van der Waals surface area contributed by atoms with Gasteiger partial charge in [-0.05, 0) is 31.7 Å². The molecule has 3 rings (SSSR count). The lowest BCUT2D eigenvalue weighted by Crippen LogP contribution is -2.40. The Kier molecular flexibility index (Phi) is 5.11.